The van der Waals surface area contributed by atoms with Gasteiger partial charge in [0, 0.05) is 38.0 Å². The van der Waals surface area contributed by atoms with E-state index in [9.17, 15) is 0 Å². The van der Waals surface area contributed by atoms with Crippen LogP contribution in [0, 0.1) is 5.92 Å². The van der Waals surface area contributed by atoms with Crippen molar-refractivity contribution in [1.29, 1.82) is 0 Å². The highest BCUT2D eigenvalue weighted by atomic mass is 16.5. The van der Waals surface area contributed by atoms with Gasteiger partial charge in [-0.25, -0.2) is 4.98 Å². The molecule has 0 radical (unpaired) electrons. The molecule has 2 rings (SSSR count). The smallest absolute Gasteiger partial charge is 0.107 e. The lowest BCUT2D eigenvalue weighted by atomic mass is 10.0. The lowest BCUT2D eigenvalue weighted by Crippen LogP contribution is -2.35. The van der Waals surface area contributed by atoms with Gasteiger partial charge in [0.1, 0.15) is 5.82 Å². The van der Waals surface area contributed by atoms with Gasteiger partial charge in [-0.2, -0.15) is 0 Å². The van der Waals surface area contributed by atoms with Gasteiger partial charge in [0.2, 0.25) is 0 Å². The maximum atomic E-state index is 5.37. The van der Waals surface area contributed by atoms with Gasteiger partial charge in [-0.1, -0.05) is 0 Å². The third-order valence-electron chi connectivity index (χ3n) is 3.05. The fourth-order valence-electron chi connectivity index (χ4n) is 1.97. The molecule has 0 aromatic carbocycles. The first-order valence-electron chi connectivity index (χ1n) is 5.65. The van der Waals surface area contributed by atoms with Crippen molar-refractivity contribution in [3.63, 3.8) is 0 Å². The summed E-state index contributed by atoms with van der Waals surface area (Å²) in [7, 11) is 0. The van der Waals surface area contributed by atoms with Crippen LogP contribution in [-0.4, -0.2) is 35.8 Å². The number of hydrogen-bond acceptors (Lipinski definition) is 3. The van der Waals surface area contributed by atoms with E-state index in [-0.39, 0.29) is 0 Å². The predicted octanol–water partition coefficient (Wildman–Crippen LogP) is 0.967. The van der Waals surface area contributed by atoms with Gasteiger partial charge in [-0.05, 0) is 19.3 Å². The van der Waals surface area contributed by atoms with Crippen molar-refractivity contribution in [1.82, 2.24) is 15.3 Å². The molecular formula is C11H19N3O. The number of aromatic nitrogens is 2. The SMILES string of the molecule is CC(NCCc1ncc[nH]1)C1CCOC1. The van der Waals surface area contributed by atoms with Crippen molar-refractivity contribution in [3.8, 4) is 0 Å². The van der Waals surface area contributed by atoms with E-state index in [1.807, 2.05) is 6.20 Å². The first-order valence-corrected chi connectivity index (χ1v) is 5.65. The monoisotopic (exact) mass is 209 g/mol. The van der Waals surface area contributed by atoms with E-state index in [2.05, 4.69) is 22.2 Å². The zero-order chi connectivity index (χ0) is 10.5. The molecule has 1 saturated heterocycles. The van der Waals surface area contributed by atoms with Gasteiger partial charge in [0.05, 0.1) is 6.61 Å². The molecule has 15 heavy (non-hydrogen) atoms. The molecule has 4 heteroatoms. The fraction of sp³-hybridized carbons (Fsp3) is 0.727. The molecule has 0 spiro atoms. The minimum absolute atomic E-state index is 0.544. The lowest BCUT2D eigenvalue weighted by Gasteiger charge is -2.18. The molecule has 1 aromatic rings. The van der Waals surface area contributed by atoms with Crippen LogP contribution in [0.3, 0.4) is 0 Å². The minimum Gasteiger partial charge on any atom is -0.381 e. The molecule has 4 nitrogen and oxygen atoms in total. The van der Waals surface area contributed by atoms with Crippen LogP contribution in [0.5, 0.6) is 0 Å². The van der Waals surface area contributed by atoms with Crippen LogP contribution in [0.2, 0.25) is 0 Å². The average molecular weight is 209 g/mol. The van der Waals surface area contributed by atoms with Crippen LogP contribution in [0.4, 0.5) is 0 Å². The zero-order valence-electron chi connectivity index (χ0n) is 9.20. The average Bonchev–Trinajstić information content (AvgIpc) is 2.90. The summed E-state index contributed by atoms with van der Waals surface area (Å²) in [6.45, 7) is 5.05. The summed E-state index contributed by atoms with van der Waals surface area (Å²) in [6, 6.07) is 0.544. The summed E-state index contributed by atoms with van der Waals surface area (Å²) in [5.41, 5.74) is 0. The molecule has 2 unspecified atom stereocenters. The molecule has 1 aliphatic rings. The maximum absolute atomic E-state index is 5.37. The maximum Gasteiger partial charge on any atom is 0.107 e. The highest BCUT2D eigenvalue weighted by Crippen LogP contribution is 2.16. The Balaban J connectivity index is 1.64. The molecule has 0 saturated carbocycles. The Morgan fingerprint density at radius 2 is 2.67 bits per heavy atom. The van der Waals surface area contributed by atoms with Gasteiger partial charge >= 0.3 is 0 Å². The van der Waals surface area contributed by atoms with Gasteiger partial charge in [0.25, 0.3) is 0 Å². The van der Waals surface area contributed by atoms with Crippen LogP contribution >= 0.6 is 0 Å². The molecule has 0 bridgehead atoms. The highest BCUT2D eigenvalue weighted by molar-refractivity contribution is 4.88. The second-order valence-electron chi connectivity index (χ2n) is 4.15. The Morgan fingerprint density at radius 3 is 3.33 bits per heavy atom. The van der Waals surface area contributed by atoms with Gasteiger partial charge < -0.3 is 15.0 Å². The summed E-state index contributed by atoms with van der Waals surface area (Å²) in [6.07, 6.45) is 5.81. The Bertz CT molecular complexity index is 267. The fourth-order valence-corrected chi connectivity index (χ4v) is 1.97. The molecule has 1 aliphatic heterocycles. The number of nitrogens with one attached hydrogen (secondary N) is 2. The van der Waals surface area contributed by atoms with Gasteiger partial charge in [-0.3, -0.25) is 0 Å². The molecule has 1 aromatic heterocycles. The summed E-state index contributed by atoms with van der Waals surface area (Å²) in [5, 5.41) is 3.52. The third kappa shape index (κ3) is 3.04. The molecular weight excluding hydrogens is 190 g/mol. The number of rotatable bonds is 5. The predicted molar refractivity (Wildman–Crippen MR) is 58.7 cm³/mol. The third-order valence-corrected chi connectivity index (χ3v) is 3.05. The molecule has 2 atom stereocenters. The standard InChI is InChI=1S/C11H19N3O/c1-9(10-3-7-15-8-10)12-4-2-11-13-5-6-14-11/h5-6,9-10,12H,2-4,7-8H2,1H3,(H,13,14). The van der Waals surface area contributed by atoms with Crippen molar-refractivity contribution < 1.29 is 4.74 Å². The Hall–Kier alpha value is -0.870. The zero-order valence-corrected chi connectivity index (χ0v) is 9.20. The van der Waals surface area contributed by atoms with E-state index in [0.717, 1.165) is 32.0 Å². The number of ether oxygens (including phenoxy) is 1. The van der Waals surface area contributed by atoms with Crippen LogP contribution in [0.1, 0.15) is 19.2 Å². The van der Waals surface area contributed by atoms with Crippen LogP contribution < -0.4 is 5.32 Å². The van der Waals surface area contributed by atoms with Crippen LogP contribution in [-0.2, 0) is 11.2 Å². The molecule has 2 heterocycles. The summed E-state index contributed by atoms with van der Waals surface area (Å²) in [4.78, 5) is 7.29. The summed E-state index contributed by atoms with van der Waals surface area (Å²) >= 11 is 0. The Morgan fingerprint density at radius 1 is 1.73 bits per heavy atom. The van der Waals surface area contributed by atoms with Crippen molar-refractivity contribution in [2.24, 2.45) is 5.92 Å². The first kappa shape index (κ1) is 10.6. The van der Waals surface area contributed by atoms with E-state index >= 15 is 0 Å². The normalized spacial score (nSPS) is 23.1. The molecule has 0 aliphatic carbocycles. The Labute approximate surface area is 90.4 Å². The van der Waals surface area contributed by atoms with E-state index in [1.54, 1.807) is 6.20 Å². The van der Waals surface area contributed by atoms with E-state index in [0.29, 0.717) is 12.0 Å². The van der Waals surface area contributed by atoms with Crippen molar-refractivity contribution in [3.05, 3.63) is 18.2 Å². The Kier molecular flexibility index (Phi) is 3.75. The molecule has 1 fully saturated rings. The largest absolute Gasteiger partial charge is 0.381 e. The van der Waals surface area contributed by atoms with Crippen molar-refractivity contribution in [2.75, 3.05) is 19.8 Å². The highest BCUT2D eigenvalue weighted by Gasteiger charge is 2.21. The topological polar surface area (TPSA) is 49.9 Å². The molecule has 84 valence electrons. The van der Waals surface area contributed by atoms with E-state index in [1.165, 1.54) is 6.42 Å². The number of H-pyrrole nitrogens is 1. The lowest BCUT2D eigenvalue weighted by molar-refractivity contribution is 0.178. The summed E-state index contributed by atoms with van der Waals surface area (Å²) in [5.74, 6) is 1.74. The van der Waals surface area contributed by atoms with E-state index < -0.39 is 0 Å². The number of nitrogens with zero attached hydrogens (tertiary/aromatic N) is 1. The second kappa shape index (κ2) is 5.28. The summed E-state index contributed by atoms with van der Waals surface area (Å²) < 4.78 is 5.37. The molecule has 2 N–H and O–H groups in total. The quantitative estimate of drug-likeness (QED) is 0.759. The number of imidazole rings is 1. The van der Waals surface area contributed by atoms with Crippen molar-refractivity contribution >= 4 is 0 Å². The van der Waals surface area contributed by atoms with Crippen molar-refractivity contribution in [2.45, 2.75) is 25.8 Å². The van der Waals surface area contributed by atoms with Gasteiger partial charge in [0.15, 0.2) is 0 Å². The number of hydrogen-bond donors (Lipinski definition) is 2. The first-order chi connectivity index (χ1) is 7.36. The number of aromatic amines is 1. The second-order valence-corrected chi connectivity index (χ2v) is 4.15. The van der Waals surface area contributed by atoms with Crippen LogP contribution in [0.25, 0.3) is 0 Å². The van der Waals surface area contributed by atoms with Gasteiger partial charge in [-0.15, -0.1) is 0 Å². The van der Waals surface area contributed by atoms with Crippen LogP contribution in [0.15, 0.2) is 12.4 Å². The molecule has 0 amide bonds. The minimum atomic E-state index is 0.544. The van der Waals surface area contributed by atoms with E-state index in [4.69, 9.17) is 4.74 Å².